The van der Waals surface area contributed by atoms with Gasteiger partial charge in [-0.05, 0) is 42.9 Å². The fourth-order valence-corrected chi connectivity index (χ4v) is 4.14. The van der Waals surface area contributed by atoms with Crippen LogP contribution in [0, 0.1) is 5.92 Å². The minimum absolute atomic E-state index is 0.122. The zero-order valence-electron chi connectivity index (χ0n) is 12.4. The minimum Gasteiger partial charge on any atom is -0.382 e. The highest BCUT2D eigenvalue weighted by atomic mass is 35.5. The lowest BCUT2D eigenvalue weighted by molar-refractivity contribution is -0.143. The van der Waals surface area contributed by atoms with E-state index in [4.69, 9.17) is 16.4 Å². The number of hydrogen-bond acceptors (Lipinski definition) is 3. The van der Waals surface area contributed by atoms with Gasteiger partial charge in [0.1, 0.15) is 0 Å². The van der Waals surface area contributed by atoms with Crippen LogP contribution < -0.4 is 0 Å². The Labute approximate surface area is 135 Å². The maximum Gasteiger partial charge on any atom is 0.267 e. The van der Waals surface area contributed by atoms with Gasteiger partial charge in [0, 0.05) is 30.5 Å². The fraction of sp³-hybridized carbons (Fsp3) is 0.529. The van der Waals surface area contributed by atoms with Crippen LogP contribution in [0.5, 0.6) is 0 Å². The second-order valence-corrected chi connectivity index (χ2v) is 7.02. The molecular formula is C17H19ClN2O2. The number of hydrogen-bond donors (Lipinski definition) is 0. The van der Waals surface area contributed by atoms with Gasteiger partial charge in [0.2, 0.25) is 6.10 Å². The molecule has 1 aromatic rings. The monoisotopic (exact) mass is 318 g/mol. The highest BCUT2D eigenvalue weighted by molar-refractivity contribution is 6.30. The molecule has 2 aliphatic heterocycles. The number of oxime groups is 1. The molecule has 2 bridgehead atoms. The van der Waals surface area contributed by atoms with Gasteiger partial charge in [0.05, 0.1) is 5.71 Å². The van der Waals surface area contributed by atoms with Crippen LogP contribution in [0.25, 0.3) is 0 Å². The van der Waals surface area contributed by atoms with Crippen LogP contribution in [0.4, 0.5) is 0 Å². The molecule has 0 spiro atoms. The molecule has 0 aromatic heterocycles. The average molecular weight is 319 g/mol. The summed E-state index contributed by atoms with van der Waals surface area (Å²) in [5.74, 6) is 0.833. The number of carbonyl (C=O) groups excluding carboxylic acids is 1. The highest BCUT2D eigenvalue weighted by Gasteiger charge is 2.43. The lowest BCUT2D eigenvalue weighted by Crippen LogP contribution is -2.43. The molecule has 22 heavy (non-hydrogen) atoms. The fourth-order valence-electron chi connectivity index (χ4n) is 3.93. The molecule has 3 aliphatic rings. The number of likely N-dealkylation sites (tertiary alicyclic amines) is 1. The van der Waals surface area contributed by atoms with Gasteiger partial charge in [-0.2, -0.15) is 0 Å². The molecule has 3 atom stereocenters. The van der Waals surface area contributed by atoms with Gasteiger partial charge < -0.3 is 9.74 Å². The van der Waals surface area contributed by atoms with Crippen LogP contribution in [-0.2, 0) is 16.1 Å². The second kappa shape index (κ2) is 5.58. The molecule has 0 radical (unpaired) electrons. The van der Waals surface area contributed by atoms with E-state index >= 15 is 0 Å². The third-order valence-electron chi connectivity index (χ3n) is 5.00. The van der Waals surface area contributed by atoms with Crippen molar-refractivity contribution in [3.63, 3.8) is 0 Å². The Bertz CT molecular complexity index is 631. The van der Waals surface area contributed by atoms with E-state index in [2.05, 4.69) is 5.16 Å². The third kappa shape index (κ3) is 2.60. The predicted molar refractivity (Wildman–Crippen MR) is 84.9 cm³/mol. The summed E-state index contributed by atoms with van der Waals surface area (Å²) < 4.78 is 0. The van der Waals surface area contributed by atoms with E-state index in [1.807, 2.05) is 29.2 Å². The Morgan fingerprint density at radius 3 is 3.05 bits per heavy atom. The number of nitrogens with zero attached hydrogens (tertiary/aromatic N) is 2. The summed E-state index contributed by atoms with van der Waals surface area (Å²) >= 11 is 6.00. The summed E-state index contributed by atoms with van der Waals surface area (Å²) in [6.07, 6.45) is 4.47. The van der Waals surface area contributed by atoms with E-state index in [0.29, 0.717) is 24.8 Å². The van der Waals surface area contributed by atoms with Crippen molar-refractivity contribution in [3.8, 4) is 0 Å². The van der Waals surface area contributed by atoms with Gasteiger partial charge in [-0.1, -0.05) is 28.9 Å². The second-order valence-electron chi connectivity index (χ2n) is 6.59. The molecule has 0 N–H and O–H groups in total. The van der Waals surface area contributed by atoms with Gasteiger partial charge in [-0.3, -0.25) is 4.79 Å². The van der Waals surface area contributed by atoms with Crippen molar-refractivity contribution in [1.29, 1.82) is 0 Å². The van der Waals surface area contributed by atoms with Crippen LogP contribution >= 0.6 is 11.6 Å². The van der Waals surface area contributed by atoms with Crippen LogP contribution in [-0.4, -0.2) is 35.2 Å². The molecule has 1 aromatic carbocycles. The van der Waals surface area contributed by atoms with Crippen molar-refractivity contribution in [3.05, 3.63) is 34.9 Å². The normalized spacial score (nSPS) is 29.6. The van der Waals surface area contributed by atoms with Crippen LogP contribution in [0.2, 0.25) is 5.02 Å². The van der Waals surface area contributed by atoms with Crippen LogP contribution in [0.3, 0.4) is 0 Å². The van der Waals surface area contributed by atoms with Crippen molar-refractivity contribution >= 4 is 23.2 Å². The van der Waals surface area contributed by atoms with E-state index in [0.717, 1.165) is 29.3 Å². The summed E-state index contributed by atoms with van der Waals surface area (Å²) in [5, 5.41) is 4.84. The van der Waals surface area contributed by atoms with Crippen LogP contribution in [0.1, 0.15) is 31.2 Å². The number of rotatable bonds is 3. The maximum atomic E-state index is 12.6. The summed E-state index contributed by atoms with van der Waals surface area (Å²) in [5.41, 5.74) is 2.02. The Morgan fingerprint density at radius 2 is 2.32 bits per heavy atom. The molecule has 1 amide bonds. The van der Waals surface area contributed by atoms with E-state index in [1.54, 1.807) is 0 Å². The predicted octanol–water partition coefficient (Wildman–Crippen LogP) is 3.04. The first-order valence-electron chi connectivity index (χ1n) is 7.95. The van der Waals surface area contributed by atoms with Crippen molar-refractivity contribution < 1.29 is 9.63 Å². The number of piperidine rings is 1. The maximum absolute atomic E-state index is 12.6. The third-order valence-corrected chi connectivity index (χ3v) is 5.23. The topological polar surface area (TPSA) is 41.9 Å². The first-order chi connectivity index (χ1) is 10.7. The van der Waals surface area contributed by atoms with E-state index < -0.39 is 6.10 Å². The first kappa shape index (κ1) is 14.1. The van der Waals surface area contributed by atoms with Crippen molar-refractivity contribution in [2.45, 2.75) is 44.2 Å². The summed E-state index contributed by atoms with van der Waals surface area (Å²) in [7, 11) is 0. The molecule has 2 fully saturated rings. The first-order valence-corrected chi connectivity index (χ1v) is 8.33. The molecule has 0 unspecified atom stereocenters. The zero-order valence-corrected chi connectivity index (χ0v) is 13.1. The number of amides is 1. The lowest BCUT2D eigenvalue weighted by atomic mass is 10.0. The van der Waals surface area contributed by atoms with E-state index in [9.17, 15) is 4.79 Å². The van der Waals surface area contributed by atoms with Gasteiger partial charge in [-0.25, -0.2) is 0 Å². The zero-order chi connectivity index (χ0) is 15.1. The molecule has 116 valence electrons. The quantitative estimate of drug-likeness (QED) is 0.859. The van der Waals surface area contributed by atoms with Crippen LogP contribution in [0.15, 0.2) is 29.4 Å². The lowest BCUT2D eigenvalue weighted by Gasteiger charge is -2.28. The molecule has 1 saturated carbocycles. The minimum atomic E-state index is -0.423. The smallest absolute Gasteiger partial charge is 0.267 e. The SMILES string of the molecule is O=C([C@H]1CC(Cc2cccc(Cl)c2)=NO1)N1C[C@H]2CC[C@@H]1C2. The molecule has 1 saturated heterocycles. The van der Waals surface area contributed by atoms with Gasteiger partial charge in [-0.15, -0.1) is 0 Å². The number of fused-ring (bicyclic) bond motifs is 2. The molecule has 4 nitrogen and oxygen atoms in total. The molecule has 2 heterocycles. The molecule has 1 aliphatic carbocycles. The standard InChI is InChI=1S/C17H19ClN2O2/c18-13-3-1-2-11(6-13)7-14-9-16(22-19-14)17(21)20-10-12-4-5-15(20)8-12/h1-3,6,12,15-16H,4-5,7-10H2/t12-,15+,16+/m0/s1. The number of benzene rings is 1. The van der Waals surface area contributed by atoms with E-state index in [-0.39, 0.29) is 5.91 Å². The largest absolute Gasteiger partial charge is 0.382 e. The number of carbonyl (C=O) groups is 1. The highest BCUT2D eigenvalue weighted by Crippen LogP contribution is 2.38. The molecule has 5 heteroatoms. The Balaban J connectivity index is 1.36. The van der Waals surface area contributed by atoms with E-state index in [1.165, 1.54) is 12.8 Å². The Hall–Kier alpha value is -1.55. The van der Waals surface area contributed by atoms with Crippen molar-refractivity contribution in [1.82, 2.24) is 4.90 Å². The van der Waals surface area contributed by atoms with Gasteiger partial charge >= 0.3 is 0 Å². The summed E-state index contributed by atoms with van der Waals surface area (Å²) in [6.45, 7) is 0.910. The Kier molecular flexibility index (Phi) is 3.57. The number of halogens is 1. The van der Waals surface area contributed by atoms with Gasteiger partial charge in [0.25, 0.3) is 5.91 Å². The summed E-state index contributed by atoms with van der Waals surface area (Å²) in [4.78, 5) is 20.0. The molecule has 4 rings (SSSR count). The molecular weight excluding hydrogens is 300 g/mol. The van der Waals surface area contributed by atoms with Gasteiger partial charge in [0.15, 0.2) is 0 Å². The summed E-state index contributed by atoms with van der Waals surface area (Å²) in [6, 6.07) is 8.17. The average Bonchev–Trinajstić information content (AvgIpc) is 3.22. The van der Waals surface area contributed by atoms with Crippen molar-refractivity contribution in [2.75, 3.05) is 6.54 Å². The Morgan fingerprint density at radius 1 is 1.41 bits per heavy atom. The van der Waals surface area contributed by atoms with Crippen molar-refractivity contribution in [2.24, 2.45) is 11.1 Å².